The lowest BCUT2D eigenvalue weighted by atomic mass is 9.94. The number of hydrogen-bond acceptors (Lipinski definition) is 2. The van der Waals surface area contributed by atoms with Gasteiger partial charge in [-0.1, -0.05) is 0 Å². The smallest absolute Gasteiger partial charge is 0.377 e. The third-order valence-corrected chi connectivity index (χ3v) is 3.34. The summed E-state index contributed by atoms with van der Waals surface area (Å²) in [5, 5.41) is 3.20. The molecule has 1 aromatic carbocycles. The second-order valence-corrected chi connectivity index (χ2v) is 4.86. The van der Waals surface area contributed by atoms with E-state index in [1.165, 1.54) is 6.07 Å². The van der Waals surface area contributed by atoms with Crippen LogP contribution < -0.4 is 10.2 Å². The zero-order chi connectivity index (χ0) is 13.3. The van der Waals surface area contributed by atoms with Crippen molar-refractivity contribution in [2.75, 3.05) is 32.1 Å². The van der Waals surface area contributed by atoms with E-state index in [1.54, 1.807) is 6.07 Å². The number of nitrogens with one attached hydrogen (secondary N) is 1. The molecule has 0 bridgehead atoms. The van der Waals surface area contributed by atoms with Crippen LogP contribution in [0.1, 0.15) is 23.5 Å². The molecule has 18 heavy (non-hydrogen) atoms. The second kappa shape index (κ2) is 4.80. The third kappa shape index (κ3) is 2.61. The van der Waals surface area contributed by atoms with Crippen LogP contribution in [0.5, 0.6) is 0 Å². The topological polar surface area (TPSA) is 15.3 Å². The molecule has 2 rings (SSSR count). The van der Waals surface area contributed by atoms with Crippen LogP contribution >= 0.6 is 0 Å². The van der Waals surface area contributed by atoms with Gasteiger partial charge in [-0.25, -0.2) is 0 Å². The zero-order valence-electron chi connectivity index (χ0n) is 10.5. The molecular formula is C13H17F3N2. The molecule has 100 valence electrons. The van der Waals surface area contributed by atoms with Crippen molar-refractivity contribution in [3.63, 3.8) is 0 Å². The van der Waals surface area contributed by atoms with Gasteiger partial charge in [0.1, 0.15) is 0 Å². The first-order chi connectivity index (χ1) is 8.39. The van der Waals surface area contributed by atoms with Gasteiger partial charge in [0.05, 0.1) is 5.56 Å². The number of benzene rings is 1. The fourth-order valence-corrected chi connectivity index (χ4v) is 2.39. The van der Waals surface area contributed by atoms with Crippen LogP contribution in [-0.2, 0) is 6.18 Å². The zero-order valence-corrected chi connectivity index (χ0v) is 10.5. The number of anilines is 1. The van der Waals surface area contributed by atoms with Gasteiger partial charge >= 0.3 is 6.18 Å². The molecular weight excluding hydrogens is 241 g/mol. The molecule has 1 unspecified atom stereocenters. The molecule has 0 amide bonds. The Labute approximate surface area is 105 Å². The summed E-state index contributed by atoms with van der Waals surface area (Å²) < 4.78 is 38.3. The van der Waals surface area contributed by atoms with Gasteiger partial charge in [-0.2, -0.15) is 13.2 Å². The van der Waals surface area contributed by atoms with Crippen LogP contribution in [-0.4, -0.2) is 27.2 Å². The first-order valence-electron chi connectivity index (χ1n) is 5.99. The van der Waals surface area contributed by atoms with Crippen molar-refractivity contribution in [2.45, 2.75) is 18.5 Å². The van der Waals surface area contributed by atoms with Crippen molar-refractivity contribution in [1.82, 2.24) is 5.32 Å². The SMILES string of the molecule is CN(C)c1ccc(C(F)(F)F)cc1C1CCNC1. The van der Waals surface area contributed by atoms with Gasteiger partial charge in [-0.05, 0) is 42.6 Å². The molecule has 0 spiro atoms. The molecule has 0 radical (unpaired) electrons. The summed E-state index contributed by atoms with van der Waals surface area (Å²) in [6.07, 6.45) is -3.38. The van der Waals surface area contributed by atoms with Crippen molar-refractivity contribution >= 4 is 5.69 Å². The van der Waals surface area contributed by atoms with E-state index in [0.717, 1.165) is 36.8 Å². The maximum atomic E-state index is 12.8. The molecule has 1 heterocycles. The molecule has 1 atom stereocenters. The Hall–Kier alpha value is -1.23. The highest BCUT2D eigenvalue weighted by atomic mass is 19.4. The van der Waals surface area contributed by atoms with Gasteiger partial charge in [-0.3, -0.25) is 0 Å². The van der Waals surface area contributed by atoms with Crippen molar-refractivity contribution in [3.8, 4) is 0 Å². The molecule has 0 aromatic heterocycles. The first kappa shape index (κ1) is 13.2. The largest absolute Gasteiger partial charge is 0.416 e. The van der Waals surface area contributed by atoms with Crippen LogP contribution in [0, 0.1) is 0 Å². The van der Waals surface area contributed by atoms with Crippen LogP contribution in [0.15, 0.2) is 18.2 Å². The Morgan fingerprint density at radius 3 is 2.50 bits per heavy atom. The van der Waals surface area contributed by atoms with Crippen molar-refractivity contribution in [2.24, 2.45) is 0 Å². The van der Waals surface area contributed by atoms with Crippen molar-refractivity contribution < 1.29 is 13.2 Å². The summed E-state index contributed by atoms with van der Waals surface area (Å²) >= 11 is 0. The molecule has 1 saturated heterocycles. The van der Waals surface area contributed by atoms with E-state index in [2.05, 4.69) is 5.32 Å². The molecule has 1 aromatic rings. The summed E-state index contributed by atoms with van der Waals surface area (Å²) in [6.45, 7) is 1.62. The molecule has 1 aliphatic rings. The molecule has 1 aliphatic heterocycles. The van der Waals surface area contributed by atoms with E-state index in [-0.39, 0.29) is 5.92 Å². The summed E-state index contributed by atoms with van der Waals surface area (Å²) in [6, 6.07) is 4.02. The van der Waals surface area contributed by atoms with E-state index in [1.807, 2.05) is 19.0 Å². The molecule has 0 saturated carbocycles. The minimum absolute atomic E-state index is 0.171. The average Bonchev–Trinajstić information content (AvgIpc) is 2.80. The van der Waals surface area contributed by atoms with Gasteiger partial charge in [-0.15, -0.1) is 0 Å². The lowest BCUT2D eigenvalue weighted by molar-refractivity contribution is -0.137. The van der Waals surface area contributed by atoms with Crippen LogP contribution in [0.25, 0.3) is 0 Å². The Kier molecular flexibility index (Phi) is 3.52. The maximum Gasteiger partial charge on any atom is 0.416 e. The number of alkyl halides is 3. The summed E-state index contributed by atoms with van der Waals surface area (Å²) in [7, 11) is 3.71. The van der Waals surface area contributed by atoms with Crippen molar-refractivity contribution in [1.29, 1.82) is 0 Å². The van der Waals surface area contributed by atoms with E-state index < -0.39 is 11.7 Å². The van der Waals surface area contributed by atoms with Crippen LogP contribution in [0.3, 0.4) is 0 Å². The van der Waals surface area contributed by atoms with Crippen molar-refractivity contribution in [3.05, 3.63) is 29.3 Å². The minimum atomic E-state index is -4.27. The maximum absolute atomic E-state index is 12.8. The molecule has 2 nitrogen and oxygen atoms in total. The highest BCUT2D eigenvalue weighted by Crippen LogP contribution is 2.36. The summed E-state index contributed by atoms with van der Waals surface area (Å²) in [5.74, 6) is 0.171. The molecule has 5 heteroatoms. The molecule has 1 fully saturated rings. The predicted molar refractivity (Wildman–Crippen MR) is 66.0 cm³/mol. The highest BCUT2D eigenvalue weighted by Gasteiger charge is 2.32. The average molecular weight is 258 g/mol. The quantitative estimate of drug-likeness (QED) is 0.877. The van der Waals surface area contributed by atoms with Gasteiger partial charge < -0.3 is 10.2 Å². The monoisotopic (exact) mass is 258 g/mol. The van der Waals surface area contributed by atoms with E-state index in [9.17, 15) is 13.2 Å². The van der Waals surface area contributed by atoms with E-state index in [0.29, 0.717) is 0 Å². The van der Waals surface area contributed by atoms with E-state index >= 15 is 0 Å². The lowest BCUT2D eigenvalue weighted by Crippen LogP contribution is -2.16. The Bertz CT molecular complexity index is 421. The minimum Gasteiger partial charge on any atom is -0.377 e. The Balaban J connectivity index is 2.44. The second-order valence-electron chi connectivity index (χ2n) is 4.86. The van der Waals surface area contributed by atoms with Gasteiger partial charge in [0.25, 0.3) is 0 Å². The standard InChI is InChI=1S/C13H17F3N2/c1-18(2)12-4-3-10(13(14,15)16)7-11(12)9-5-6-17-8-9/h3-4,7,9,17H,5-6,8H2,1-2H3. The first-order valence-corrected chi connectivity index (χ1v) is 5.99. The predicted octanol–water partition coefficient (Wildman–Crippen LogP) is 2.85. The van der Waals surface area contributed by atoms with Gasteiger partial charge in [0.15, 0.2) is 0 Å². The number of hydrogen-bond donors (Lipinski definition) is 1. The Morgan fingerprint density at radius 2 is 2.00 bits per heavy atom. The normalized spacial score (nSPS) is 20.2. The molecule has 1 N–H and O–H groups in total. The summed E-state index contributed by atoms with van der Waals surface area (Å²) in [5.41, 5.74) is 1.10. The third-order valence-electron chi connectivity index (χ3n) is 3.34. The van der Waals surface area contributed by atoms with Crippen LogP contribution in [0.4, 0.5) is 18.9 Å². The highest BCUT2D eigenvalue weighted by molar-refractivity contribution is 5.56. The van der Waals surface area contributed by atoms with Crippen LogP contribution in [0.2, 0.25) is 0 Å². The number of halogens is 3. The van der Waals surface area contributed by atoms with E-state index in [4.69, 9.17) is 0 Å². The Morgan fingerprint density at radius 1 is 1.28 bits per heavy atom. The fourth-order valence-electron chi connectivity index (χ4n) is 2.39. The summed E-state index contributed by atoms with van der Waals surface area (Å²) in [4.78, 5) is 1.87. The van der Waals surface area contributed by atoms with Gasteiger partial charge in [0, 0.05) is 26.3 Å². The van der Waals surface area contributed by atoms with Gasteiger partial charge in [0.2, 0.25) is 0 Å². The lowest BCUT2D eigenvalue weighted by Gasteiger charge is -2.22. The molecule has 0 aliphatic carbocycles. The number of rotatable bonds is 2. The fraction of sp³-hybridized carbons (Fsp3) is 0.538. The number of nitrogens with zero attached hydrogens (tertiary/aromatic N) is 1.